The monoisotopic (exact) mass is 291 g/mol. The molecule has 7 heteroatoms. The zero-order chi connectivity index (χ0) is 14.7. The van der Waals surface area contributed by atoms with E-state index in [-0.39, 0.29) is 11.7 Å². The van der Waals surface area contributed by atoms with Gasteiger partial charge in [-0.1, -0.05) is 12.1 Å². The Balaban J connectivity index is 2.21. The number of primary amides is 1. The van der Waals surface area contributed by atoms with E-state index in [1.165, 1.54) is 16.7 Å². The molecule has 1 aromatic carbocycles. The van der Waals surface area contributed by atoms with Crippen LogP contribution in [0.15, 0.2) is 29.6 Å². The summed E-state index contributed by atoms with van der Waals surface area (Å²) in [6, 6.07) is 6.64. The number of anilines is 1. The number of amides is 1. The quantitative estimate of drug-likeness (QED) is 0.782. The van der Waals surface area contributed by atoms with Crippen molar-refractivity contribution < 1.29 is 14.7 Å². The fraction of sp³-hybridized carbons (Fsp3) is 0.154. The van der Waals surface area contributed by atoms with E-state index in [2.05, 4.69) is 10.3 Å². The maximum atomic E-state index is 11.3. The van der Waals surface area contributed by atoms with Crippen LogP contribution in [-0.2, 0) is 0 Å². The molecule has 6 nitrogen and oxygen atoms in total. The van der Waals surface area contributed by atoms with Crippen molar-refractivity contribution in [1.29, 1.82) is 0 Å². The van der Waals surface area contributed by atoms with Crippen LogP contribution in [0.25, 0.3) is 0 Å². The Labute approximate surface area is 119 Å². The number of nitrogens with one attached hydrogen (secondary N) is 1. The van der Waals surface area contributed by atoms with E-state index < -0.39 is 11.9 Å². The third-order valence-electron chi connectivity index (χ3n) is 2.68. The first-order chi connectivity index (χ1) is 9.49. The number of rotatable bonds is 5. The minimum Gasteiger partial charge on any atom is -0.476 e. The van der Waals surface area contributed by atoms with Crippen molar-refractivity contribution in [2.24, 2.45) is 5.73 Å². The third-order valence-corrected chi connectivity index (χ3v) is 3.70. The minimum absolute atomic E-state index is 0.0156. The van der Waals surface area contributed by atoms with Crippen LogP contribution >= 0.6 is 11.3 Å². The molecule has 0 saturated heterocycles. The summed E-state index contributed by atoms with van der Waals surface area (Å²) in [4.78, 5) is 26.1. The van der Waals surface area contributed by atoms with Gasteiger partial charge in [0.05, 0.1) is 11.6 Å². The highest BCUT2D eigenvalue weighted by atomic mass is 32.1. The van der Waals surface area contributed by atoms with Gasteiger partial charge >= 0.3 is 5.97 Å². The van der Waals surface area contributed by atoms with Crippen molar-refractivity contribution in [2.45, 2.75) is 13.0 Å². The number of aromatic carboxylic acids is 1. The maximum absolute atomic E-state index is 11.3. The molecule has 1 aromatic heterocycles. The van der Waals surface area contributed by atoms with Gasteiger partial charge in [-0.3, -0.25) is 4.79 Å². The molecule has 0 radical (unpaired) electrons. The molecule has 4 N–H and O–H groups in total. The number of carbonyl (C=O) groups excluding carboxylic acids is 1. The highest BCUT2D eigenvalue weighted by Crippen LogP contribution is 2.24. The van der Waals surface area contributed by atoms with Crippen LogP contribution in [0.2, 0.25) is 0 Å². The van der Waals surface area contributed by atoms with Crippen LogP contribution < -0.4 is 11.1 Å². The van der Waals surface area contributed by atoms with Crippen molar-refractivity contribution >= 4 is 28.9 Å². The molecule has 0 spiro atoms. The summed E-state index contributed by atoms with van der Waals surface area (Å²) < 4.78 is 0. The molecule has 1 atom stereocenters. The topological polar surface area (TPSA) is 105 Å². The standard InChI is InChI=1S/C13H13N3O3S/c1-7(12-16-10(6-20-12)13(18)19)15-9-5-3-2-4-8(9)11(14)17/h2-7,15H,1H3,(H2,14,17)(H,18,19). The zero-order valence-electron chi connectivity index (χ0n) is 10.7. The number of hydrogen-bond acceptors (Lipinski definition) is 5. The number of hydrogen-bond donors (Lipinski definition) is 3. The molecule has 104 valence electrons. The number of carboxylic acids is 1. The van der Waals surface area contributed by atoms with E-state index in [1.807, 2.05) is 6.92 Å². The van der Waals surface area contributed by atoms with E-state index in [1.54, 1.807) is 24.3 Å². The van der Waals surface area contributed by atoms with Gasteiger partial charge in [0.1, 0.15) is 5.01 Å². The lowest BCUT2D eigenvalue weighted by molar-refractivity contribution is 0.0691. The number of carboxylic acid groups (broad SMARTS) is 1. The third kappa shape index (κ3) is 2.94. The Morgan fingerprint density at radius 3 is 2.70 bits per heavy atom. The first-order valence-electron chi connectivity index (χ1n) is 5.83. The molecule has 0 fully saturated rings. The fourth-order valence-corrected chi connectivity index (χ4v) is 2.50. The van der Waals surface area contributed by atoms with E-state index in [4.69, 9.17) is 10.8 Å². The second-order valence-electron chi connectivity index (χ2n) is 4.15. The molecular weight excluding hydrogens is 278 g/mol. The Kier molecular flexibility index (Phi) is 3.99. The van der Waals surface area contributed by atoms with Crippen molar-refractivity contribution in [1.82, 2.24) is 4.98 Å². The molecule has 2 aromatic rings. The molecular formula is C13H13N3O3S. The lowest BCUT2D eigenvalue weighted by atomic mass is 10.1. The molecule has 1 unspecified atom stereocenters. The predicted molar refractivity (Wildman–Crippen MR) is 76.1 cm³/mol. The molecule has 2 rings (SSSR count). The SMILES string of the molecule is CC(Nc1ccccc1C(N)=O)c1nc(C(=O)O)cs1. The molecule has 0 aliphatic rings. The number of aromatic nitrogens is 1. The molecule has 1 amide bonds. The summed E-state index contributed by atoms with van der Waals surface area (Å²) in [5.74, 6) is -1.58. The molecule has 0 aliphatic carbocycles. The van der Waals surface area contributed by atoms with E-state index >= 15 is 0 Å². The van der Waals surface area contributed by atoms with Gasteiger partial charge in [0.2, 0.25) is 0 Å². The minimum atomic E-state index is -1.06. The normalized spacial score (nSPS) is 11.8. The second kappa shape index (κ2) is 5.70. The highest BCUT2D eigenvalue weighted by Gasteiger charge is 2.16. The van der Waals surface area contributed by atoms with Gasteiger partial charge in [-0.2, -0.15) is 0 Å². The molecule has 20 heavy (non-hydrogen) atoms. The van der Waals surface area contributed by atoms with Crippen LogP contribution in [0, 0.1) is 0 Å². The summed E-state index contributed by atoms with van der Waals surface area (Å²) in [5, 5.41) is 14.1. The molecule has 0 aliphatic heterocycles. The number of carbonyl (C=O) groups is 2. The van der Waals surface area contributed by atoms with Gasteiger partial charge in [0.15, 0.2) is 5.69 Å². The smallest absolute Gasteiger partial charge is 0.355 e. The summed E-state index contributed by atoms with van der Waals surface area (Å²) in [5.41, 5.74) is 6.30. The largest absolute Gasteiger partial charge is 0.476 e. The van der Waals surface area contributed by atoms with Gasteiger partial charge in [-0.25, -0.2) is 9.78 Å². The average Bonchev–Trinajstić information content (AvgIpc) is 2.89. The zero-order valence-corrected chi connectivity index (χ0v) is 11.5. The first-order valence-corrected chi connectivity index (χ1v) is 6.71. The summed E-state index contributed by atoms with van der Waals surface area (Å²) in [6.07, 6.45) is 0. The number of nitrogens with two attached hydrogens (primary N) is 1. The number of nitrogens with zero attached hydrogens (tertiary/aromatic N) is 1. The van der Waals surface area contributed by atoms with E-state index in [9.17, 15) is 9.59 Å². The maximum Gasteiger partial charge on any atom is 0.355 e. The average molecular weight is 291 g/mol. The van der Waals surface area contributed by atoms with Crippen LogP contribution in [0.5, 0.6) is 0 Å². The van der Waals surface area contributed by atoms with Gasteiger partial charge in [-0.15, -0.1) is 11.3 Å². The van der Waals surface area contributed by atoms with Crippen molar-refractivity contribution in [3.63, 3.8) is 0 Å². The Morgan fingerprint density at radius 2 is 2.10 bits per heavy atom. The summed E-state index contributed by atoms with van der Waals surface area (Å²) in [7, 11) is 0. The lowest BCUT2D eigenvalue weighted by Gasteiger charge is -2.14. The number of benzene rings is 1. The number of para-hydroxylation sites is 1. The second-order valence-corrected chi connectivity index (χ2v) is 5.04. The first kappa shape index (κ1) is 14.0. The van der Waals surface area contributed by atoms with Gasteiger partial charge in [0.25, 0.3) is 5.91 Å². The number of thiazole rings is 1. The van der Waals surface area contributed by atoms with Crippen LogP contribution in [-0.4, -0.2) is 22.0 Å². The van der Waals surface area contributed by atoms with Gasteiger partial charge < -0.3 is 16.2 Å². The van der Waals surface area contributed by atoms with E-state index in [0.717, 1.165) is 0 Å². The lowest BCUT2D eigenvalue weighted by Crippen LogP contribution is -2.16. The Hall–Kier alpha value is -2.41. The van der Waals surface area contributed by atoms with Crippen molar-refractivity contribution in [3.8, 4) is 0 Å². The Bertz CT molecular complexity index is 654. The highest BCUT2D eigenvalue weighted by molar-refractivity contribution is 7.09. The van der Waals surface area contributed by atoms with Crippen molar-refractivity contribution in [3.05, 3.63) is 45.9 Å². The molecule has 1 heterocycles. The van der Waals surface area contributed by atoms with Crippen LogP contribution in [0.3, 0.4) is 0 Å². The Morgan fingerprint density at radius 1 is 1.40 bits per heavy atom. The van der Waals surface area contributed by atoms with Crippen LogP contribution in [0.1, 0.15) is 38.8 Å². The fourth-order valence-electron chi connectivity index (χ4n) is 1.70. The van der Waals surface area contributed by atoms with E-state index in [0.29, 0.717) is 16.3 Å². The summed E-state index contributed by atoms with van der Waals surface area (Å²) in [6.45, 7) is 1.84. The van der Waals surface area contributed by atoms with Crippen molar-refractivity contribution in [2.75, 3.05) is 5.32 Å². The molecule has 0 bridgehead atoms. The van der Waals surface area contributed by atoms with Gasteiger partial charge in [0, 0.05) is 11.1 Å². The van der Waals surface area contributed by atoms with Crippen LogP contribution in [0.4, 0.5) is 5.69 Å². The summed E-state index contributed by atoms with van der Waals surface area (Å²) >= 11 is 1.25. The van der Waals surface area contributed by atoms with Gasteiger partial charge in [-0.05, 0) is 19.1 Å². The molecule has 0 saturated carbocycles. The predicted octanol–water partition coefficient (Wildman–Crippen LogP) is 2.11.